The molecule has 0 aromatic carbocycles. The molecular weight excluding hydrogens is 162 g/mol. The first-order chi connectivity index (χ1) is 6.23. The highest BCUT2D eigenvalue weighted by atomic mass is 16.3. The molecule has 0 spiro atoms. The molecule has 74 valence electrons. The molecular formula is C11H19NO. The lowest BCUT2D eigenvalue weighted by Crippen LogP contribution is -2.39. The molecule has 1 rings (SSSR count). The molecule has 0 radical (unpaired) electrons. The van der Waals surface area contributed by atoms with E-state index in [9.17, 15) is 5.11 Å². The summed E-state index contributed by atoms with van der Waals surface area (Å²) < 4.78 is 0. The Morgan fingerprint density at radius 3 is 2.92 bits per heavy atom. The summed E-state index contributed by atoms with van der Waals surface area (Å²) in [6, 6.07) is 2.09. The maximum absolute atomic E-state index is 10.0. The quantitative estimate of drug-likeness (QED) is 0.680. The Morgan fingerprint density at radius 1 is 1.54 bits per heavy atom. The van der Waals surface area contributed by atoms with Crippen molar-refractivity contribution in [3.8, 4) is 6.07 Å². The largest absolute Gasteiger partial charge is 0.375 e. The highest BCUT2D eigenvalue weighted by molar-refractivity contribution is 5.06. The van der Waals surface area contributed by atoms with Gasteiger partial charge in [-0.3, -0.25) is 0 Å². The van der Waals surface area contributed by atoms with Crippen LogP contribution in [0.5, 0.6) is 0 Å². The Balaban J connectivity index is 2.53. The Kier molecular flexibility index (Phi) is 3.74. The molecule has 2 unspecified atom stereocenters. The van der Waals surface area contributed by atoms with Crippen LogP contribution >= 0.6 is 0 Å². The number of nitrogens with zero attached hydrogens (tertiary/aromatic N) is 1. The maximum Gasteiger partial charge on any atom is 0.153 e. The summed E-state index contributed by atoms with van der Waals surface area (Å²) in [6.07, 6.45) is 7.19. The fourth-order valence-electron chi connectivity index (χ4n) is 2.21. The van der Waals surface area contributed by atoms with E-state index in [2.05, 4.69) is 13.0 Å². The van der Waals surface area contributed by atoms with Crippen molar-refractivity contribution in [2.75, 3.05) is 0 Å². The molecule has 0 amide bonds. The fraction of sp³-hybridized carbons (Fsp3) is 0.909. The van der Waals surface area contributed by atoms with Crippen molar-refractivity contribution in [3.63, 3.8) is 0 Å². The second kappa shape index (κ2) is 4.62. The first-order valence-corrected chi connectivity index (χ1v) is 5.36. The van der Waals surface area contributed by atoms with Gasteiger partial charge in [0.15, 0.2) is 5.60 Å². The molecule has 1 fully saturated rings. The molecule has 1 aliphatic rings. The SMILES string of the molecule is CCCCC1CCCCC1(O)C#N. The van der Waals surface area contributed by atoms with Gasteiger partial charge in [-0.05, 0) is 25.7 Å². The normalized spacial score (nSPS) is 34.1. The second-order valence-electron chi connectivity index (χ2n) is 4.12. The Labute approximate surface area is 80.6 Å². The molecule has 1 N–H and O–H groups in total. The van der Waals surface area contributed by atoms with Crippen LogP contribution in [-0.4, -0.2) is 10.7 Å². The average molecular weight is 181 g/mol. The number of rotatable bonds is 3. The van der Waals surface area contributed by atoms with Crippen molar-refractivity contribution >= 4 is 0 Å². The van der Waals surface area contributed by atoms with Gasteiger partial charge >= 0.3 is 0 Å². The van der Waals surface area contributed by atoms with Gasteiger partial charge in [-0.25, -0.2) is 0 Å². The fourth-order valence-corrected chi connectivity index (χ4v) is 2.21. The van der Waals surface area contributed by atoms with Crippen LogP contribution in [0.1, 0.15) is 51.9 Å². The van der Waals surface area contributed by atoms with Crippen LogP contribution in [0.25, 0.3) is 0 Å². The molecule has 2 heteroatoms. The van der Waals surface area contributed by atoms with E-state index in [-0.39, 0.29) is 5.92 Å². The van der Waals surface area contributed by atoms with Crippen molar-refractivity contribution < 1.29 is 5.11 Å². The van der Waals surface area contributed by atoms with Crippen LogP contribution in [0.3, 0.4) is 0 Å². The van der Waals surface area contributed by atoms with Crippen molar-refractivity contribution in [1.82, 2.24) is 0 Å². The van der Waals surface area contributed by atoms with Gasteiger partial charge in [0.05, 0.1) is 6.07 Å². The smallest absolute Gasteiger partial charge is 0.153 e. The second-order valence-corrected chi connectivity index (χ2v) is 4.12. The zero-order chi connectivity index (χ0) is 9.73. The highest BCUT2D eigenvalue weighted by Gasteiger charge is 2.38. The van der Waals surface area contributed by atoms with Gasteiger partial charge < -0.3 is 5.11 Å². The molecule has 0 heterocycles. The molecule has 1 saturated carbocycles. The average Bonchev–Trinajstić information content (AvgIpc) is 2.17. The summed E-state index contributed by atoms with van der Waals surface area (Å²) in [6.45, 7) is 2.15. The number of unbranched alkanes of at least 4 members (excludes halogenated alkanes) is 1. The van der Waals surface area contributed by atoms with Crippen LogP contribution in [0, 0.1) is 17.2 Å². The lowest BCUT2D eigenvalue weighted by atomic mass is 9.74. The van der Waals surface area contributed by atoms with E-state index in [1.165, 1.54) is 6.42 Å². The number of aliphatic hydroxyl groups is 1. The van der Waals surface area contributed by atoms with Crippen molar-refractivity contribution in [2.45, 2.75) is 57.5 Å². The van der Waals surface area contributed by atoms with Gasteiger partial charge in [-0.1, -0.05) is 26.2 Å². The van der Waals surface area contributed by atoms with Crippen LogP contribution in [0.2, 0.25) is 0 Å². The summed E-state index contributed by atoms with van der Waals surface area (Å²) in [7, 11) is 0. The monoisotopic (exact) mass is 181 g/mol. The van der Waals surface area contributed by atoms with Gasteiger partial charge in [-0.2, -0.15) is 5.26 Å². The van der Waals surface area contributed by atoms with E-state index in [0.717, 1.165) is 32.1 Å². The lowest BCUT2D eigenvalue weighted by Gasteiger charge is -2.34. The number of nitriles is 1. The molecule has 2 atom stereocenters. The first-order valence-electron chi connectivity index (χ1n) is 5.36. The van der Waals surface area contributed by atoms with Gasteiger partial charge in [0.2, 0.25) is 0 Å². The molecule has 0 aliphatic heterocycles. The first kappa shape index (κ1) is 10.5. The number of hydrogen-bond acceptors (Lipinski definition) is 2. The minimum Gasteiger partial charge on any atom is -0.375 e. The zero-order valence-corrected chi connectivity index (χ0v) is 8.42. The van der Waals surface area contributed by atoms with Gasteiger partial charge in [0, 0.05) is 5.92 Å². The minimum atomic E-state index is -1.01. The summed E-state index contributed by atoms with van der Waals surface area (Å²) in [5.41, 5.74) is -1.01. The van der Waals surface area contributed by atoms with E-state index in [1.54, 1.807) is 0 Å². The molecule has 2 nitrogen and oxygen atoms in total. The van der Waals surface area contributed by atoms with E-state index in [4.69, 9.17) is 5.26 Å². The molecule has 0 saturated heterocycles. The van der Waals surface area contributed by atoms with Gasteiger partial charge in [0.1, 0.15) is 0 Å². The Bertz CT molecular complexity index is 197. The summed E-state index contributed by atoms with van der Waals surface area (Å²) in [5, 5.41) is 18.9. The minimum absolute atomic E-state index is 0.228. The van der Waals surface area contributed by atoms with Crippen molar-refractivity contribution in [2.24, 2.45) is 5.92 Å². The van der Waals surface area contributed by atoms with Crippen molar-refractivity contribution in [1.29, 1.82) is 5.26 Å². The Hall–Kier alpha value is -0.550. The summed E-state index contributed by atoms with van der Waals surface area (Å²) >= 11 is 0. The molecule has 0 aromatic heterocycles. The predicted octanol–water partition coefficient (Wildman–Crippen LogP) is 2.62. The zero-order valence-electron chi connectivity index (χ0n) is 8.42. The maximum atomic E-state index is 10.0. The van der Waals surface area contributed by atoms with Crippen LogP contribution in [0.4, 0.5) is 0 Å². The van der Waals surface area contributed by atoms with Crippen LogP contribution < -0.4 is 0 Å². The van der Waals surface area contributed by atoms with Crippen LogP contribution in [0.15, 0.2) is 0 Å². The van der Waals surface area contributed by atoms with E-state index in [1.807, 2.05) is 0 Å². The summed E-state index contributed by atoms with van der Waals surface area (Å²) in [4.78, 5) is 0. The van der Waals surface area contributed by atoms with Crippen LogP contribution in [-0.2, 0) is 0 Å². The standard InChI is InChI=1S/C11H19NO/c1-2-3-6-10-7-4-5-8-11(10,13)9-12/h10,13H,2-8H2,1H3. The van der Waals surface area contributed by atoms with E-state index >= 15 is 0 Å². The third kappa shape index (κ3) is 2.45. The van der Waals surface area contributed by atoms with Gasteiger partial charge in [-0.15, -0.1) is 0 Å². The third-order valence-electron chi connectivity index (χ3n) is 3.14. The highest BCUT2D eigenvalue weighted by Crippen LogP contribution is 2.36. The lowest BCUT2D eigenvalue weighted by molar-refractivity contribution is -0.00213. The molecule has 0 aromatic rings. The molecule has 1 aliphatic carbocycles. The third-order valence-corrected chi connectivity index (χ3v) is 3.14. The van der Waals surface area contributed by atoms with E-state index in [0.29, 0.717) is 6.42 Å². The topological polar surface area (TPSA) is 44.0 Å². The van der Waals surface area contributed by atoms with E-state index < -0.39 is 5.60 Å². The van der Waals surface area contributed by atoms with Crippen molar-refractivity contribution in [3.05, 3.63) is 0 Å². The Morgan fingerprint density at radius 2 is 2.31 bits per heavy atom. The molecule has 0 bridgehead atoms. The van der Waals surface area contributed by atoms with Gasteiger partial charge in [0.25, 0.3) is 0 Å². The summed E-state index contributed by atoms with van der Waals surface area (Å²) in [5.74, 6) is 0.228. The molecule has 13 heavy (non-hydrogen) atoms. The predicted molar refractivity (Wildman–Crippen MR) is 52.0 cm³/mol. The number of hydrogen-bond donors (Lipinski definition) is 1.